The Morgan fingerprint density at radius 3 is 2.79 bits per heavy atom. The van der Waals surface area contributed by atoms with Gasteiger partial charge in [0.1, 0.15) is 16.5 Å². The maximum atomic E-state index is 12.5. The highest BCUT2D eigenvalue weighted by Crippen LogP contribution is 2.27. The van der Waals surface area contributed by atoms with Gasteiger partial charge in [-0.3, -0.25) is 4.79 Å². The Morgan fingerprint density at radius 1 is 1.28 bits per heavy atom. The number of pyridine rings is 1. The third-order valence-corrected chi connectivity index (χ3v) is 5.24. The van der Waals surface area contributed by atoms with E-state index in [1.807, 2.05) is 13.8 Å². The number of carbonyl (C=O) groups is 2. The van der Waals surface area contributed by atoms with E-state index in [4.69, 9.17) is 13.7 Å². The highest BCUT2D eigenvalue weighted by atomic mass is 32.2. The summed E-state index contributed by atoms with van der Waals surface area (Å²) in [5, 5.41) is 7.15. The van der Waals surface area contributed by atoms with Crippen molar-refractivity contribution in [2.75, 3.05) is 6.61 Å². The van der Waals surface area contributed by atoms with Gasteiger partial charge in [0.2, 0.25) is 0 Å². The fourth-order valence-corrected chi connectivity index (χ4v) is 3.75. The molecule has 0 spiro atoms. The van der Waals surface area contributed by atoms with Crippen LogP contribution in [0.25, 0.3) is 0 Å². The first-order chi connectivity index (χ1) is 14.0. The van der Waals surface area contributed by atoms with Gasteiger partial charge >= 0.3 is 5.97 Å². The lowest BCUT2D eigenvalue weighted by Crippen LogP contribution is -2.31. The zero-order chi connectivity index (χ0) is 20.8. The highest BCUT2D eigenvalue weighted by Gasteiger charge is 2.18. The number of aromatic nitrogens is 2. The summed E-state index contributed by atoms with van der Waals surface area (Å²) in [4.78, 5) is 28.8. The number of ether oxygens (including phenoxy) is 1. The molecule has 152 valence electrons. The smallest absolute Gasteiger partial charge is 0.341 e. The van der Waals surface area contributed by atoms with E-state index in [0.29, 0.717) is 22.1 Å². The Balaban J connectivity index is 1.57. The van der Waals surface area contributed by atoms with E-state index in [1.165, 1.54) is 18.0 Å². The van der Waals surface area contributed by atoms with Crippen molar-refractivity contribution in [3.63, 3.8) is 0 Å². The van der Waals surface area contributed by atoms with Crippen molar-refractivity contribution in [2.45, 2.75) is 37.6 Å². The largest absolute Gasteiger partial charge is 0.467 e. The number of aryl methyl sites for hydroxylation is 2. The summed E-state index contributed by atoms with van der Waals surface area (Å²) in [5.74, 6) is 0.878. The fraction of sp³-hybridized carbons (Fsp3) is 0.300. The zero-order valence-corrected chi connectivity index (χ0v) is 17.1. The number of hydrogen-bond acceptors (Lipinski definition) is 8. The summed E-state index contributed by atoms with van der Waals surface area (Å²) in [7, 11) is 0. The molecule has 3 aromatic heterocycles. The van der Waals surface area contributed by atoms with Crippen LogP contribution >= 0.6 is 11.8 Å². The van der Waals surface area contributed by atoms with Gasteiger partial charge in [-0.15, -0.1) is 11.8 Å². The van der Waals surface area contributed by atoms with Crippen LogP contribution in [0.15, 0.2) is 50.7 Å². The Labute approximate surface area is 172 Å². The summed E-state index contributed by atoms with van der Waals surface area (Å²) < 4.78 is 15.6. The van der Waals surface area contributed by atoms with Gasteiger partial charge in [-0.1, -0.05) is 5.16 Å². The molecule has 0 aliphatic rings. The van der Waals surface area contributed by atoms with E-state index in [9.17, 15) is 9.59 Å². The van der Waals surface area contributed by atoms with Gasteiger partial charge in [0.25, 0.3) is 5.91 Å². The molecule has 0 unspecified atom stereocenters. The molecule has 3 rings (SSSR count). The topological polar surface area (TPSA) is 107 Å². The van der Waals surface area contributed by atoms with Crippen molar-refractivity contribution in [3.8, 4) is 0 Å². The molecule has 0 radical (unpaired) electrons. The lowest BCUT2D eigenvalue weighted by molar-refractivity contribution is -0.125. The fourth-order valence-electron chi connectivity index (χ4n) is 2.61. The quantitative estimate of drug-likeness (QED) is 0.439. The molecule has 0 aliphatic carbocycles. The van der Waals surface area contributed by atoms with Crippen molar-refractivity contribution in [3.05, 3.63) is 65.1 Å². The van der Waals surface area contributed by atoms with Crippen molar-refractivity contribution >= 4 is 23.6 Å². The molecular formula is C20H21N3O5S. The summed E-state index contributed by atoms with van der Waals surface area (Å²) in [5.41, 5.74) is 2.07. The van der Waals surface area contributed by atoms with Crippen LogP contribution in [-0.4, -0.2) is 28.6 Å². The maximum Gasteiger partial charge on any atom is 0.341 e. The Kier molecular flexibility index (Phi) is 6.71. The normalized spacial score (nSPS) is 11.8. The minimum absolute atomic E-state index is 0.302. The monoisotopic (exact) mass is 415 g/mol. The van der Waals surface area contributed by atoms with Crippen LogP contribution in [0.1, 0.15) is 46.1 Å². The first-order valence-corrected chi connectivity index (χ1v) is 9.93. The van der Waals surface area contributed by atoms with Crippen LogP contribution in [0, 0.1) is 13.8 Å². The second-order valence-corrected chi connectivity index (χ2v) is 7.29. The lowest BCUT2D eigenvalue weighted by Gasteiger charge is -2.12. The summed E-state index contributed by atoms with van der Waals surface area (Å²) in [6, 6.07) is 6.44. The standard InChI is InChI=1S/C20H21N3O5S/c1-12-16(14(3)28-23-12)11-29-19-15(6-4-8-21-19)20(25)27-10-18(24)22-13(2)17-7-5-9-26-17/h4-9,13H,10-11H2,1-3H3,(H,22,24)/t13-/m1/s1. The number of esters is 1. The predicted octanol–water partition coefficient (Wildman–Crippen LogP) is 3.61. The minimum atomic E-state index is -0.611. The molecule has 8 nitrogen and oxygen atoms in total. The lowest BCUT2D eigenvalue weighted by atomic mass is 10.2. The Bertz CT molecular complexity index is 964. The first-order valence-electron chi connectivity index (χ1n) is 8.95. The van der Waals surface area contributed by atoms with E-state index in [2.05, 4.69) is 15.5 Å². The average molecular weight is 415 g/mol. The van der Waals surface area contributed by atoms with Crippen LogP contribution in [-0.2, 0) is 15.3 Å². The number of carbonyl (C=O) groups excluding carboxylic acids is 2. The van der Waals surface area contributed by atoms with Gasteiger partial charge in [-0.25, -0.2) is 9.78 Å². The third kappa shape index (κ3) is 5.26. The summed E-state index contributed by atoms with van der Waals surface area (Å²) >= 11 is 1.38. The predicted molar refractivity (Wildman–Crippen MR) is 105 cm³/mol. The number of thioether (sulfide) groups is 1. The first kappa shape index (κ1) is 20.7. The molecular weight excluding hydrogens is 394 g/mol. The van der Waals surface area contributed by atoms with Gasteiger partial charge in [0.05, 0.1) is 23.6 Å². The molecule has 0 fully saturated rings. The molecule has 1 atom stereocenters. The van der Waals surface area contributed by atoms with Crippen LogP contribution < -0.4 is 5.32 Å². The Morgan fingerprint density at radius 2 is 2.10 bits per heavy atom. The molecule has 1 amide bonds. The zero-order valence-electron chi connectivity index (χ0n) is 16.3. The van der Waals surface area contributed by atoms with E-state index >= 15 is 0 Å². The molecule has 0 bridgehead atoms. The summed E-state index contributed by atoms with van der Waals surface area (Å²) in [6.45, 7) is 5.09. The molecule has 29 heavy (non-hydrogen) atoms. The van der Waals surface area contributed by atoms with Crippen LogP contribution in [0.2, 0.25) is 0 Å². The third-order valence-electron chi connectivity index (χ3n) is 4.21. The number of rotatable bonds is 8. The van der Waals surface area contributed by atoms with Crippen molar-refractivity contribution in [2.24, 2.45) is 0 Å². The molecule has 9 heteroatoms. The second-order valence-electron chi connectivity index (χ2n) is 6.33. The van der Waals surface area contributed by atoms with Gasteiger partial charge in [-0.05, 0) is 45.0 Å². The number of furan rings is 1. The van der Waals surface area contributed by atoms with E-state index in [-0.39, 0.29) is 6.04 Å². The van der Waals surface area contributed by atoms with Gasteiger partial charge in [-0.2, -0.15) is 0 Å². The molecule has 0 aromatic carbocycles. The van der Waals surface area contributed by atoms with E-state index in [0.717, 1.165) is 17.0 Å². The van der Waals surface area contributed by atoms with Gasteiger partial charge in [0.15, 0.2) is 6.61 Å². The number of hydrogen-bond donors (Lipinski definition) is 1. The maximum absolute atomic E-state index is 12.5. The van der Waals surface area contributed by atoms with Crippen molar-refractivity contribution < 1.29 is 23.3 Å². The molecule has 3 heterocycles. The van der Waals surface area contributed by atoms with Gasteiger partial charge < -0.3 is 19.0 Å². The SMILES string of the molecule is Cc1noc(C)c1CSc1ncccc1C(=O)OCC(=O)N[C@H](C)c1ccco1. The van der Waals surface area contributed by atoms with Crippen LogP contribution in [0.5, 0.6) is 0 Å². The van der Waals surface area contributed by atoms with Crippen LogP contribution in [0.4, 0.5) is 0 Å². The molecule has 0 saturated heterocycles. The average Bonchev–Trinajstić information content (AvgIpc) is 3.35. The van der Waals surface area contributed by atoms with Gasteiger partial charge in [0, 0.05) is 17.5 Å². The molecule has 1 N–H and O–H groups in total. The van der Waals surface area contributed by atoms with Crippen molar-refractivity contribution in [1.82, 2.24) is 15.5 Å². The summed E-state index contributed by atoms with van der Waals surface area (Å²) in [6.07, 6.45) is 3.13. The second kappa shape index (κ2) is 9.42. The van der Waals surface area contributed by atoms with Crippen molar-refractivity contribution in [1.29, 1.82) is 0 Å². The molecule has 3 aromatic rings. The molecule has 0 saturated carbocycles. The Hall–Kier alpha value is -3.07. The van der Waals surface area contributed by atoms with E-state index < -0.39 is 18.5 Å². The van der Waals surface area contributed by atoms with E-state index in [1.54, 1.807) is 37.4 Å². The molecule has 0 aliphatic heterocycles. The highest BCUT2D eigenvalue weighted by molar-refractivity contribution is 7.98. The minimum Gasteiger partial charge on any atom is -0.467 e. The number of nitrogens with one attached hydrogen (secondary N) is 1. The van der Waals surface area contributed by atoms with Crippen LogP contribution in [0.3, 0.4) is 0 Å². The number of amides is 1. The number of nitrogens with zero attached hydrogens (tertiary/aromatic N) is 2.